The fourth-order valence-corrected chi connectivity index (χ4v) is 0.814. The Kier molecular flexibility index (Phi) is 5.73. The maximum atomic E-state index is 5.74. The second-order valence-corrected chi connectivity index (χ2v) is 2.20. The van der Waals surface area contributed by atoms with Gasteiger partial charge in [-0.15, -0.1) is 5.47 Å². The van der Waals surface area contributed by atoms with E-state index in [4.69, 9.17) is 7.85 Å². The van der Waals surface area contributed by atoms with Crippen LogP contribution in [0.1, 0.15) is 13.8 Å². The van der Waals surface area contributed by atoms with Crippen LogP contribution in [0.2, 0.25) is 6.82 Å². The maximum Gasteiger partial charge on any atom is 0.147 e. The third kappa shape index (κ3) is 3.92. The highest BCUT2D eigenvalue weighted by molar-refractivity contribution is 6.48. The van der Waals surface area contributed by atoms with Gasteiger partial charge in [-0.25, -0.2) is 0 Å². The summed E-state index contributed by atoms with van der Waals surface area (Å²) >= 11 is 0. The first-order chi connectivity index (χ1) is 5.26. The van der Waals surface area contributed by atoms with Crippen molar-refractivity contribution in [2.24, 2.45) is 0 Å². The molecule has 0 bridgehead atoms. The zero-order valence-electron chi connectivity index (χ0n) is 7.46. The van der Waals surface area contributed by atoms with E-state index in [0.717, 1.165) is 10.9 Å². The summed E-state index contributed by atoms with van der Waals surface area (Å²) in [6, 6.07) is 0. The van der Waals surface area contributed by atoms with Gasteiger partial charge in [-0.3, -0.25) is 0 Å². The van der Waals surface area contributed by atoms with Gasteiger partial charge in [0.2, 0.25) is 0 Å². The van der Waals surface area contributed by atoms with Crippen LogP contribution in [0.25, 0.3) is 0 Å². The molecule has 0 saturated carbocycles. The minimum absolute atomic E-state index is 0.813. The lowest BCUT2D eigenvalue weighted by atomic mass is 9.66. The van der Waals surface area contributed by atoms with Crippen LogP contribution < -0.4 is 0 Å². The Balaban J connectivity index is 4.52. The highest BCUT2D eigenvalue weighted by Crippen LogP contribution is 2.02. The molecule has 0 aliphatic carbocycles. The van der Waals surface area contributed by atoms with E-state index in [1.165, 1.54) is 0 Å². The summed E-state index contributed by atoms with van der Waals surface area (Å²) in [6.07, 6.45) is 7.80. The first kappa shape index (κ1) is 10.3. The molecule has 0 heterocycles. The smallest absolute Gasteiger partial charge is 0.103 e. The Morgan fingerprint density at radius 1 is 1.18 bits per heavy atom. The fraction of sp³-hybridized carbons (Fsp3) is 0.333. The van der Waals surface area contributed by atoms with Gasteiger partial charge in [0, 0.05) is 0 Å². The molecule has 0 aliphatic rings. The summed E-state index contributed by atoms with van der Waals surface area (Å²) in [5.41, 5.74) is 1.89. The second-order valence-electron chi connectivity index (χ2n) is 2.20. The zero-order valence-corrected chi connectivity index (χ0v) is 7.46. The predicted octanol–water partition coefficient (Wildman–Crippen LogP) is 2.27. The molecule has 0 amide bonds. The van der Waals surface area contributed by atoms with Crippen molar-refractivity contribution in [3.05, 3.63) is 35.2 Å². The van der Waals surface area contributed by atoms with Crippen LogP contribution >= 0.6 is 0 Å². The van der Waals surface area contributed by atoms with Gasteiger partial charge in [-0.05, 0) is 13.8 Å². The quantitative estimate of drug-likeness (QED) is 0.419. The lowest BCUT2D eigenvalue weighted by Gasteiger charge is -1.99. The molecule has 55 valence electrons. The monoisotopic (exact) mass is 143 g/mol. The van der Waals surface area contributed by atoms with E-state index in [1.807, 2.05) is 52.3 Å². The first-order valence-corrected chi connectivity index (χ1v) is 3.80. The Labute approximate surface area is 71.7 Å². The SMILES string of the molecule is [B]C(/C=C/C)=C([B]C)/C=C\C. The van der Waals surface area contributed by atoms with E-state index < -0.39 is 0 Å². The van der Waals surface area contributed by atoms with Crippen molar-refractivity contribution in [2.75, 3.05) is 0 Å². The van der Waals surface area contributed by atoms with Crippen molar-refractivity contribution in [3.63, 3.8) is 0 Å². The van der Waals surface area contributed by atoms with Crippen molar-refractivity contribution >= 4 is 15.1 Å². The van der Waals surface area contributed by atoms with Crippen molar-refractivity contribution in [2.45, 2.75) is 20.7 Å². The van der Waals surface area contributed by atoms with Crippen LogP contribution in [0.5, 0.6) is 0 Å². The van der Waals surface area contributed by atoms with E-state index >= 15 is 0 Å². The summed E-state index contributed by atoms with van der Waals surface area (Å²) in [5.74, 6) is 0. The Morgan fingerprint density at radius 3 is 2.09 bits per heavy atom. The van der Waals surface area contributed by atoms with Gasteiger partial charge in [0.15, 0.2) is 0 Å². The topological polar surface area (TPSA) is 0 Å². The van der Waals surface area contributed by atoms with Crippen LogP contribution in [-0.4, -0.2) is 15.1 Å². The normalized spacial score (nSPS) is 14.1. The highest BCUT2D eigenvalue weighted by atomic mass is 13.8. The van der Waals surface area contributed by atoms with E-state index in [-0.39, 0.29) is 0 Å². The zero-order chi connectivity index (χ0) is 8.69. The van der Waals surface area contributed by atoms with Crippen LogP contribution in [-0.2, 0) is 0 Å². The van der Waals surface area contributed by atoms with E-state index in [2.05, 4.69) is 0 Å². The van der Waals surface area contributed by atoms with Gasteiger partial charge >= 0.3 is 0 Å². The molecule has 0 spiro atoms. The molecule has 0 rings (SSSR count). The lowest BCUT2D eigenvalue weighted by molar-refractivity contribution is 1.65. The third-order valence-electron chi connectivity index (χ3n) is 1.34. The van der Waals surface area contributed by atoms with Crippen molar-refractivity contribution in [1.29, 1.82) is 0 Å². The first-order valence-electron chi connectivity index (χ1n) is 3.80. The fourth-order valence-electron chi connectivity index (χ4n) is 0.814. The maximum absolute atomic E-state index is 5.74. The molecule has 3 radical (unpaired) electrons. The summed E-state index contributed by atoms with van der Waals surface area (Å²) in [6.45, 7) is 5.91. The van der Waals surface area contributed by atoms with Crippen LogP contribution in [0, 0.1) is 0 Å². The number of rotatable bonds is 3. The summed E-state index contributed by atoms with van der Waals surface area (Å²) in [7, 11) is 7.73. The molecule has 0 atom stereocenters. The molecule has 0 nitrogen and oxygen atoms in total. The van der Waals surface area contributed by atoms with Gasteiger partial charge in [0.1, 0.15) is 15.1 Å². The molecular weight excluding hydrogens is 130 g/mol. The summed E-state index contributed by atoms with van der Waals surface area (Å²) < 4.78 is 0. The Bertz CT molecular complexity index is 188. The van der Waals surface area contributed by atoms with Gasteiger partial charge in [-0.2, -0.15) is 0 Å². The molecule has 0 fully saturated rings. The molecule has 0 N–H and O–H groups in total. The number of allylic oxidation sites excluding steroid dienone is 6. The molecule has 0 saturated heterocycles. The standard InChI is InChI=1S/C9H13B2/c1-4-6-8(10)9(11-3)7-5-2/h4-7H,1-3H3/b6-4+,7-5-,9-8-. The van der Waals surface area contributed by atoms with Crippen molar-refractivity contribution in [1.82, 2.24) is 0 Å². The third-order valence-corrected chi connectivity index (χ3v) is 1.34. The van der Waals surface area contributed by atoms with Gasteiger partial charge in [0.05, 0.1) is 0 Å². The highest BCUT2D eigenvalue weighted by Gasteiger charge is 1.91. The second kappa shape index (κ2) is 6.09. The number of hydrogen-bond acceptors (Lipinski definition) is 0. The molecule has 0 aliphatic heterocycles. The predicted molar refractivity (Wildman–Crippen MR) is 54.0 cm³/mol. The summed E-state index contributed by atoms with van der Waals surface area (Å²) in [4.78, 5) is 0. The minimum Gasteiger partial charge on any atom is -0.103 e. The minimum atomic E-state index is 0.813. The number of hydrogen-bond donors (Lipinski definition) is 0. The molecule has 2 heteroatoms. The molecule has 0 unspecified atom stereocenters. The molecular formula is C9H13B2. The summed E-state index contributed by atoms with van der Waals surface area (Å²) in [5, 5.41) is 0. The molecule has 0 aromatic carbocycles. The van der Waals surface area contributed by atoms with E-state index in [1.54, 1.807) is 0 Å². The van der Waals surface area contributed by atoms with Gasteiger partial charge in [0.25, 0.3) is 0 Å². The average Bonchev–Trinajstić information content (AvgIpc) is 2.00. The Hall–Kier alpha value is -0.650. The van der Waals surface area contributed by atoms with Crippen molar-refractivity contribution < 1.29 is 0 Å². The van der Waals surface area contributed by atoms with Crippen LogP contribution in [0.4, 0.5) is 0 Å². The average molecular weight is 143 g/mol. The van der Waals surface area contributed by atoms with Gasteiger partial charge < -0.3 is 0 Å². The lowest BCUT2D eigenvalue weighted by Crippen LogP contribution is -1.92. The van der Waals surface area contributed by atoms with Crippen LogP contribution in [0.15, 0.2) is 35.2 Å². The molecule has 0 aromatic rings. The molecule has 0 aromatic heterocycles. The Morgan fingerprint density at radius 2 is 1.73 bits per heavy atom. The van der Waals surface area contributed by atoms with Gasteiger partial charge in [-0.1, -0.05) is 36.6 Å². The molecule has 11 heavy (non-hydrogen) atoms. The van der Waals surface area contributed by atoms with Crippen LogP contribution in [0.3, 0.4) is 0 Å². The van der Waals surface area contributed by atoms with E-state index in [0.29, 0.717) is 0 Å². The van der Waals surface area contributed by atoms with E-state index in [9.17, 15) is 0 Å². The van der Waals surface area contributed by atoms with Crippen molar-refractivity contribution in [3.8, 4) is 0 Å². The largest absolute Gasteiger partial charge is 0.147 e.